The van der Waals surface area contributed by atoms with Gasteiger partial charge in [0.2, 0.25) is 0 Å². The normalized spacial score (nSPS) is 38.0. The van der Waals surface area contributed by atoms with E-state index in [1.165, 1.54) is 39.1 Å². The Morgan fingerprint density at radius 2 is 1.39 bits per heavy atom. The number of fused-ring (bicyclic) bond motifs is 1. The van der Waals surface area contributed by atoms with E-state index in [0.717, 1.165) is 5.92 Å². The van der Waals surface area contributed by atoms with Crippen LogP contribution in [0.15, 0.2) is 0 Å². The van der Waals surface area contributed by atoms with Gasteiger partial charge < -0.3 is 4.90 Å². The molecule has 0 radical (unpaired) electrons. The van der Waals surface area contributed by atoms with Crippen LogP contribution in [0.5, 0.6) is 0 Å². The van der Waals surface area contributed by atoms with Gasteiger partial charge in [-0.2, -0.15) is 0 Å². The van der Waals surface area contributed by atoms with Crippen LogP contribution in [0.3, 0.4) is 0 Å². The van der Waals surface area contributed by atoms with Gasteiger partial charge in [0.25, 0.3) is 0 Å². The number of nitrogens with zero attached hydrogens (tertiary/aromatic N) is 2. The summed E-state index contributed by atoms with van der Waals surface area (Å²) in [6.07, 6.45) is 1.35. The standard InChI is InChI=1S/C16H32N2/c1-13(2)7-8-17-9-15(5)11-18(14(3)4)12-16(15,6)10-17/h13-14H,7-12H2,1-6H3. The minimum Gasteiger partial charge on any atom is -0.302 e. The number of rotatable bonds is 4. The molecule has 0 bridgehead atoms. The molecule has 2 saturated heterocycles. The first-order valence-electron chi connectivity index (χ1n) is 7.72. The summed E-state index contributed by atoms with van der Waals surface area (Å²) < 4.78 is 0. The van der Waals surface area contributed by atoms with Crippen molar-refractivity contribution >= 4 is 0 Å². The number of likely N-dealkylation sites (tertiary alicyclic amines) is 2. The Kier molecular flexibility index (Phi) is 3.81. The summed E-state index contributed by atoms with van der Waals surface area (Å²) in [4.78, 5) is 5.40. The lowest BCUT2D eigenvalue weighted by Crippen LogP contribution is -2.36. The fraction of sp³-hybridized carbons (Fsp3) is 1.00. The minimum atomic E-state index is 0.508. The summed E-state index contributed by atoms with van der Waals surface area (Å²) in [7, 11) is 0. The maximum Gasteiger partial charge on any atom is 0.00567 e. The molecule has 2 atom stereocenters. The van der Waals surface area contributed by atoms with Crippen LogP contribution in [0.2, 0.25) is 0 Å². The third kappa shape index (κ3) is 2.46. The van der Waals surface area contributed by atoms with Crippen molar-refractivity contribution in [2.24, 2.45) is 16.7 Å². The van der Waals surface area contributed by atoms with Crippen molar-refractivity contribution in [2.45, 2.75) is 54.0 Å². The van der Waals surface area contributed by atoms with Crippen LogP contribution in [0.4, 0.5) is 0 Å². The van der Waals surface area contributed by atoms with Gasteiger partial charge in [0.15, 0.2) is 0 Å². The molecule has 2 heteroatoms. The maximum atomic E-state index is 2.72. The summed E-state index contributed by atoms with van der Waals surface area (Å²) in [6.45, 7) is 20.9. The number of hydrogen-bond donors (Lipinski definition) is 0. The topological polar surface area (TPSA) is 6.48 Å². The SMILES string of the molecule is CC(C)CCN1CC2(C)CN(C(C)C)CC2(C)C1. The van der Waals surface area contributed by atoms with Gasteiger partial charge >= 0.3 is 0 Å². The van der Waals surface area contributed by atoms with Gasteiger partial charge in [-0.1, -0.05) is 27.7 Å². The molecular weight excluding hydrogens is 220 g/mol. The molecule has 2 aliphatic heterocycles. The fourth-order valence-corrected chi connectivity index (χ4v) is 3.82. The molecule has 0 aromatic carbocycles. The Morgan fingerprint density at radius 1 is 0.889 bits per heavy atom. The van der Waals surface area contributed by atoms with Crippen molar-refractivity contribution in [3.8, 4) is 0 Å². The van der Waals surface area contributed by atoms with E-state index in [1.807, 2.05) is 0 Å². The van der Waals surface area contributed by atoms with Crippen molar-refractivity contribution in [3.05, 3.63) is 0 Å². The van der Waals surface area contributed by atoms with E-state index in [9.17, 15) is 0 Å². The molecule has 0 saturated carbocycles. The van der Waals surface area contributed by atoms with Gasteiger partial charge in [-0.05, 0) is 32.7 Å². The molecule has 0 aliphatic carbocycles. The summed E-state index contributed by atoms with van der Waals surface area (Å²) >= 11 is 0. The Hall–Kier alpha value is -0.0800. The van der Waals surface area contributed by atoms with Crippen LogP contribution in [-0.4, -0.2) is 48.6 Å². The van der Waals surface area contributed by atoms with E-state index in [1.54, 1.807) is 0 Å². The average molecular weight is 252 g/mol. The molecule has 2 nitrogen and oxygen atoms in total. The van der Waals surface area contributed by atoms with Gasteiger partial charge in [-0.25, -0.2) is 0 Å². The summed E-state index contributed by atoms with van der Waals surface area (Å²) in [5, 5.41) is 0. The molecule has 2 rings (SSSR count). The third-order valence-corrected chi connectivity index (χ3v) is 5.46. The van der Waals surface area contributed by atoms with Gasteiger partial charge in [-0.15, -0.1) is 0 Å². The molecule has 0 aromatic heterocycles. The molecule has 2 aliphatic rings. The third-order valence-electron chi connectivity index (χ3n) is 5.46. The smallest absolute Gasteiger partial charge is 0.00567 e. The minimum absolute atomic E-state index is 0.508. The van der Waals surface area contributed by atoms with Crippen LogP contribution in [0.25, 0.3) is 0 Å². The van der Waals surface area contributed by atoms with Crippen molar-refractivity contribution in [3.63, 3.8) is 0 Å². The lowest BCUT2D eigenvalue weighted by atomic mass is 9.71. The molecule has 18 heavy (non-hydrogen) atoms. The molecule has 2 heterocycles. The predicted octanol–water partition coefficient (Wildman–Crippen LogP) is 3.08. The van der Waals surface area contributed by atoms with Crippen LogP contribution in [0, 0.1) is 16.7 Å². The highest BCUT2D eigenvalue weighted by atomic mass is 15.3. The zero-order valence-electron chi connectivity index (χ0n) is 13.3. The summed E-state index contributed by atoms with van der Waals surface area (Å²) in [6, 6.07) is 0.702. The molecule has 0 aromatic rings. The monoisotopic (exact) mass is 252 g/mol. The van der Waals surface area contributed by atoms with Crippen molar-refractivity contribution < 1.29 is 0 Å². The molecule has 2 unspecified atom stereocenters. The van der Waals surface area contributed by atoms with E-state index < -0.39 is 0 Å². The van der Waals surface area contributed by atoms with Crippen LogP contribution in [-0.2, 0) is 0 Å². The molecule has 106 valence electrons. The van der Waals surface area contributed by atoms with Crippen molar-refractivity contribution in [2.75, 3.05) is 32.7 Å². The van der Waals surface area contributed by atoms with E-state index in [4.69, 9.17) is 0 Å². The first kappa shape index (κ1) is 14.3. The summed E-state index contributed by atoms with van der Waals surface area (Å²) in [5.41, 5.74) is 1.02. The van der Waals surface area contributed by atoms with Crippen LogP contribution in [0.1, 0.15) is 48.0 Å². The van der Waals surface area contributed by atoms with Gasteiger partial charge in [0, 0.05) is 43.1 Å². The first-order valence-corrected chi connectivity index (χ1v) is 7.72. The lowest BCUT2D eigenvalue weighted by Gasteiger charge is -2.31. The molecule has 0 N–H and O–H groups in total. The Labute approximate surface area is 114 Å². The zero-order valence-corrected chi connectivity index (χ0v) is 13.3. The molecule has 0 amide bonds. The predicted molar refractivity (Wildman–Crippen MR) is 78.8 cm³/mol. The quantitative estimate of drug-likeness (QED) is 0.758. The maximum absolute atomic E-state index is 2.72. The second kappa shape index (κ2) is 4.79. The van der Waals surface area contributed by atoms with Crippen molar-refractivity contribution in [1.82, 2.24) is 9.80 Å². The Bertz CT molecular complexity index is 279. The van der Waals surface area contributed by atoms with Gasteiger partial charge in [-0.3, -0.25) is 4.90 Å². The number of hydrogen-bond acceptors (Lipinski definition) is 2. The van der Waals surface area contributed by atoms with E-state index >= 15 is 0 Å². The Balaban J connectivity index is 1.99. The van der Waals surface area contributed by atoms with Crippen molar-refractivity contribution in [1.29, 1.82) is 0 Å². The highest BCUT2D eigenvalue weighted by Gasteiger charge is 2.57. The highest BCUT2D eigenvalue weighted by Crippen LogP contribution is 2.51. The summed E-state index contributed by atoms with van der Waals surface area (Å²) in [5.74, 6) is 0.832. The largest absolute Gasteiger partial charge is 0.302 e. The highest BCUT2D eigenvalue weighted by molar-refractivity contribution is 5.09. The van der Waals surface area contributed by atoms with Gasteiger partial charge in [0.1, 0.15) is 0 Å². The Morgan fingerprint density at radius 3 is 1.78 bits per heavy atom. The fourth-order valence-electron chi connectivity index (χ4n) is 3.82. The van der Waals surface area contributed by atoms with E-state index in [2.05, 4.69) is 51.3 Å². The lowest BCUT2D eigenvalue weighted by molar-refractivity contribution is 0.194. The van der Waals surface area contributed by atoms with E-state index in [0.29, 0.717) is 16.9 Å². The van der Waals surface area contributed by atoms with E-state index in [-0.39, 0.29) is 0 Å². The van der Waals surface area contributed by atoms with Crippen LogP contribution < -0.4 is 0 Å². The van der Waals surface area contributed by atoms with Gasteiger partial charge in [0.05, 0.1) is 0 Å². The molecule has 2 fully saturated rings. The zero-order chi connectivity index (χ0) is 13.6. The molecule has 0 spiro atoms. The average Bonchev–Trinajstić information content (AvgIpc) is 2.60. The first-order chi connectivity index (χ1) is 8.26. The second-order valence-electron chi connectivity index (χ2n) is 8.01. The molecular formula is C16H32N2. The van der Waals surface area contributed by atoms with Crippen LogP contribution >= 0.6 is 0 Å². The second-order valence-corrected chi connectivity index (χ2v) is 8.01.